The minimum Gasteiger partial charge on any atom is -0.142 e. The van der Waals surface area contributed by atoms with Gasteiger partial charge in [0.15, 0.2) is 0 Å². The first kappa shape index (κ1) is 9.69. The molecule has 3 heteroatoms. The van der Waals surface area contributed by atoms with E-state index in [-0.39, 0.29) is 0 Å². The van der Waals surface area contributed by atoms with Gasteiger partial charge in [-0.15, -0.1) is 11.3 Å². The maximum atomic E-state index is 3.60. The number of hydrogen-bond acceptors (Lipinski definition) is 1. The van der Waals surface area contributed by atoms with Crippen molar-refractivity contribution in [1.29, 1.82) is 0 Å². The van der Waals surface area contributed by atoms with E-state index in [4.69, 9.17) is 0 Å². The van der Waals surface area contributed by atoms with E-state index >= 15 is 0 Å². The van der Waals surface area contributed by atoms with Crippen LogP contribution in [0.1, 0.15) is 17.3 Å². The van der Waals surface area contributed by atoms with Crippen LogP contribution in [-0.2, 0) is 0 Å². The Morgan fingerprint density at radius 3 is 2.85 bits per heavy atom. The summed E-state index contributed by atoms with van der Waals surface area (Å²) in [5, 5.41) is 3.57. The van der Waals surface area contributed by atoms with E-state index < -0.39 is 0 Å². The lowest BCUT2D eigenvalue weighted by Gasteiger charge is -2.00. The molecule has 0 aliphatic heterocycles. The molecule has 0 saturated heterocycles. The fourth-order valence-electron chi connectivity index (χ4n) is 1.35. The van der Waals surface area contributed by atoms with Gasteiger partial charge in [0.25, 0.3) is 0 Å². The summed E-state index contributed by atoms with van der Waals surface area (Å²) in [6, 6.07) is 6.34. The van der Waals surface area contributed by atoms with Crippen molar-refractivity contribution in [1.82, 2.24) is 0 Å². The van der Waals surface area contributed by atoms with Gasteiger partial charge in [0, 0.05) is 14.0 Å². The predicted octanol–water partition coefficient (Wildman–Crippen LogP) is 5.12. The fourth-order valence-corrected chi connectivity index (χ4v) is 3.62. The average Bonchev–Trinajstić information content (AvgIpc) is 2.48. The van der Waals surface area contributed by atoms with Crippen LogP contribution in [0, 0.1) is 0 Å². The summed E-state index contributed by atoms with van der Waals surface area (Å²) < 4.78 is 2.53. The van der Waals surface area contributed by atoms with Crippen LogP contribution in [0.2, 0.25) is 0 Å². The third-order valence-corrected chi connectivity index (χ3v) is 4.47. The van der Waals surface area contributed by atoms with Crippen LogP contribution in [0.3, 0.4) is 0 Å². The molecule has 0 amide bonds. The number of rotatable bonds is 1. The van der Waals surface area contributed by atoms with Crippen LogP contribution in [0.4, 0.5) is 0 Å². The molecule has 0 nitrogen and oxygen atoms in total. The summed E-state index contributed by atoms with van der Waals surface area (Å²) in [6.07, 6.45) is 0. The molecule has 1 atom stereocenters. The number of fused-ring (bicyclic) bond motifs is 1. The molecule has 0 aliphatic rings. The minimum absolute atomic E-state index is 0.426. The van der Waals surface area contributed by atoms with Crippen LogP contribution in [-0.4, -0.2) is 0 Å². The number of thiophene rings is 1. The predicted molar refractivity (Wildman–Crippen MR) is 66.9 cm³/mol. The Morgan fingerprint density at radius 1 is 1.38 bits per heavy atom. The summed E-state index contributed by atoms with van der Waals surface area (Å²) in [5.74, 6) is 0. The van der Waals surface area contributed by atoms with E-state index in [1.54, 1.807) is 11.3 Å². The standard InChI is InChI=1S/C10H8Br2S/c1-6(11)8-5-13-10-7(8)3-2-4-9(10)12/h2-6H,1H3. The molecular formula is C10H8Br2S. The lowest BCUT2D eigenvalue weighted by Crippen LogP contribution is -1.79. The monoisotopic (exact) mass is 318 g/mol. The second kappa shape index (κ2) is 3.71. The Labute approximate surface area is 98.2 Å². The van der Waals surface area contributed by atoms with Gasteiger partial charge in [-0.3, -0.25) is 0 Å². The van der Waals surface area contributed by atoms with Crippen molar-refractivity contribution in [3.05, 3.63) is 33.6 Å². The number of halogens is 2. The van der Waals surface area contributed by atoms with Gasteiger partial charge < -0.3 is 0 Å². The first-order chi connectivity index (χ1) is 6.20. The zero-order chi connectivity index (χ0) is 9.42. The zero-order valence-electron chi connectivity index (χ0n) is 7.05. The molecule has 1 aromatic carbocycles. The molecule has 1 unspecified atom stereocenters. The van der Waals surface area contributed by atoms with Gasteiger partial charge in [-0.25, -0.2) is 0 Å². The summed E-state index contributed by atoms with van der Waals surface area (Å²) in [6.45, 7) is 2.16. The third kappa shape index (κ3) is 1.69. The highest BCUT2D eigenvalue weighted by Gasteiger charge is 2.09. The quantitative estimate of drug-likeness (QED) is 0.640. The van der Waals surface area contributed by atoms with Crippen LogP contribution in [0.25, 0.3) is 10.1 Å². The Bertz CT molecular complexity index is 431. The van der Waals surface area contributed by atoms with Crippen LogP contribution >= 0.6 is 43.2 Å². The molecule has 1 heterocycles. The van der Waals surface area contributed by atoms with Gasteiger partial charge in [-0.05, 0) is 45.2 Å². The molecular weight excluding hydrogens is 312 g/mol. The zero-order valence-corrected chi connectivity index (χ0v) is 11.0. The van der Waals surface area contributed by atoms with Crippen molar-refractivity contribution in [2.45, 2.75) is 11.8 Å². The van der Waals surface area contributed by atoms with Crippen molar-refractivity contribution >= 4 is 53.3 Å². The Hall–Kier alpha value is 0.140. The summed E-state index contributed by atoms with van der Waals surface area (Å²) >= 11 is 8.95. The van der Waals surface area contributed by atoms with E-state index in [1.807, 2.05) is 0 Å². The van der Waals surface area contributed by atoms with Crippen molar-refractivity contribution in [2.24, 2.45) is 0 Å². The molecule has 2 aromatic rings. The Kier molecular flexibility index (Phi) is 2.77. The maximum Gasteiger partial charge on any atom is 0.0488 e. The summed E-state index contributed by atoms with van der Waals surface area (Å²) in [5.41, 5.74) is 1.38. The van der Waals surface area contributed by atoms with Gasteiger partial charge >= 0.3 is 0 Å². The van der Waals surface area contributed by atoms with Crippen LogP contribution in [0.15, 0.2) is 28.1 Å². The Balaban J connectivity index is 2.75. The molecule has 0 aliphatic carbocycles. The largest absolute Gasteiger partial charge is 0.142 e. The molecule has 13 heavy (non-hydrogen) atoms. The smallest absolute Gasteiger partial charge is 0.0488 e. The highest BCUT2D eigenvalue weighted by atomic mass is 79.9. The van der Waals surface area contributed by atoms with Gasteiger partial charge in [-0.1, -0.05) is 28.1 Å². The molecule has 0 saturated carbocycles. The third-order valence-electron chi connectivity index (χ3n) is 2.01. The molecule has 68 valence electrons. The number of alkyl halides is 1. The van der Waals surface area contributed by atoms with Crippen molar-refractivity contribution in [3.63, 3.8) is 0 Å². The molecule has 2 rings (SSSR count). The van der Waals surface area contributed by atoms with E-state index in [2.05, 4.69) is 62.4 Å². The van der Waals surface area contributed by atoms with Gasteiger partial charge in [-0.2, -0.15) is 0 Å². The Morgan fingerprint density at radius 2 is 2.15 bits per heavy atom. The lowest BCUT2D eigenvalue weighted by atomic mass is 10.1. The number of benzene rings is 1. The lowest BCUT2D eigenvalue weighted by molar-refractivity contribution is 1.15. The van der Waals surface area contributed by atoms with Gasteiger partial charge in [0.2, 0.25) is 0 Å². The maximum absolute atomic E-state index is 3.60. The summed E-state index contributed by atoms with van der Waals surface area (Å²) in [4.78, 5) is 0.426. The highest BCUT2D eigenvalue weighted by molar-refractivity contribution is 9.10. The normalized spacial score (nSPS) is 13.5. The molecule has 0 radical (unpaired) electrons. The van der Waals surface area contributed by atoms with E-state index in [1.165, 1.54) is 20.1 Å². The first-order valence-corrected chi connectivity index (χ1v) is 6.58. The van der Waals surface area contributed by atoms with E-state index in [9.17, 15) is 0 Å². The number of hydrogen-bond donors (Lipinski definition) is 0. The van der Waals surface area contributed by atoms with Gasteiger partial charge in [0.1, 0.15) is 0 Å². The highest BCUT2D eigenvalue weighted by Crippen LogP contribution is 2.37. The van der Waals surface area contributed by atoms with Crippen molar-refractivity contribution in [3.8, 4) is 0 Å². The topological polar surface area (TPSA) is 0 Å². The van der Waals surface area contributed by atoms with E-state index in [0.717, 1.165) is 0 Å². The van der Waals surface area contributed by atoms with Crippen molar-refractivity contribution in [2.75, 3.05) is 0 Å². The van der Waals surface area contributed by atoms with Gasteiger partial charge in [0.05, 0.1) is 0 Å². The fraction of sp³-hybridized carbons (Fsp3) is 0.200. The second-order valence-electron chi connectivity index (χ2n) is 2.92. The second-order valence-corrected chi connectivity index (χ2v) is 6.03. The summed E-state index contributed by atoms with van der Waals surface area (Å²) in [7, 11) is 0. The minimum atomic E-state index is 0.426. The van der Waals surface area contributed by atoms with Crippen molar-refractivity contribution < 1.29 is 0 Å². The molecule has 0 fully saturated rings. The van der Waals surface area contributed by atoms with Crippen LogP contribution in [0.5, 0.6) is 0 Å². The molecule has 1 aromatic heterocycles. The first-order valence-electron chi connectivity index (χ1n) is 4.00. The SMILES string of the molecule is CC(Br)c1csc2c(Br)cccc12. The van der Waals surface area contributed by atoms with Crippen LogP contribution < -0.4 is 0 Å². The molecule has 0 bridgehead atoms. The van der Waals surface area contributed by atoms with E-state index in [0.29, 0.717) is 4.83 Å². The molecule has 0 spiro atoms. The average molecular weight is 320 g/mol. The molecule has 0 N–H and O–H groups in total.